The molecule has 0 saturated heterocycles. The number of benzene rings is 1. The van der Waals surface area contributed by atoms with E-state index in [2.05, 4.69) is 27.3 Å². The monoisotopic (exact) mass is 369 g/mol. The van der Waals surface area contributed by atoms with Gasteiger partial charge >= 0.3 is 0 Å². The van der Waals surface area contributed by atoms with Crippen LogP contribution in [-0.2, 0) is 11.2 Å². The summed E-state index contributed by atoms with van der Waals surface area (Å²) in [6.07, 6.45) is 9.78. The van der Waals surface area contributed by atoms with E-state index < -0.39 is 0 Å². The van der Waals surface area contributed by atoms with E-state index in [9.17, 15) is 4.79 Å². The zero-order chi connectivity index (χ0) is 14.8. The molecule has 0 spiro atoms. The van der Waals surface area contributed by atoms with E-state index in [0.29, 0.717) is 6.42 Å². The summed E-state index contributed by atoms with van der Waals surface area (Å²) in [4.78, 5) is 11.8. The van der Waals surface area contributed by atoms with Gasteiger partial charge < -0.3 is 5.32 Å². The third kappa shape index (κ3) is 3.62. The first-order valence-electron chi connectivity index (χ1n) is 7.89. The van der Waals surface area contributed by atoms with Crippen LogP contribution < -0.4 is 5.32 Å². The molecule has 1 aliphatic heterocycles. The zero-order valence-corrected chi connectivity index (χ0v) is 14.5. The van der Waals surface area contributed by atoms with Crippen molar-refractivity contribution in [3.8, 4) is 0 Å². The molecule has 1 fully saturated rings. The molecular formula is C17H21BrClNO. The molecule has 1 unspecified atom stereocenters. The number of carbonyl (C=O) groups is 1. The van der Waals surface area contributed by atoms with Gasteiger partial charge in [-0.1, -0.05) is 72.1 Å². The first-order chi connectivity index (χ1) is 10.1. The molecule has 1 aromatic rings. The molecule has 0 radical (unpaired) electrons. The number of alkyl halides is 1. The van der Waals surface area contributed by atoms with E-state index in [4.69, 9.17) is 11.6 Å². The first-order valence-corrected chi connectivity index (χ1v) is 9.19. The molecule has 1 aromatic carbocycles. The van der Waals surface area contributed by atoms with Crippen molar-refractivity contribution in [2.75, 3.05) is 5.32 Å². The van der Waals surface area contributed by atoms with Gasteiger partial charge in [0.1, 0.15) is 0 Å². The van der Waals surface area contributed by atoms with Crippen molar-refractivity contribution in [2.45, 2.75) is 56.2 Å². The predicted molar refractivity (Wildman–Crippen MR) is 91.3 cm³/mol. The lowest BCUT2D eigenvalue weighted by molar-refractivity contribution is -0.115. The molecule has 1 N–H and O–H groups in total. The fraction of sp³-hybridized carbons (Fsp3) is 0.588. The van der Waals surface area contributed by atoms with Gasteiger partial charge in [0.2, 0.25) is 5.91 Å². The largest absolute Gasteiger partial charge is 0.325 e. The van der Waals surface area contributed by atoms with Crippen LogP contribution in [0.4, 0.5) is 5.69 Å². The second-order valence-electron chi connectivity index (χ2n) is 6.32. The smallest absolute Gasteiger partial charge is 0.228 e. The fourth-order valence-corrected chi connectivity index (χ4v) is 4.86. The highest BCUT2D eigenvalue weighted by atomic mass is 79.9. The number of halogens is 2. The Balaban J connectivity index is 1.73. The molecule has 1 aliphatic carbocycles. The molecule has 0 aromatic heterocycles. The van der Waals surface area contributed by atoms with E-state index in [-0.39, 0.29) is 10.7 Å². The minimum Gasteiger partial charge on any atom is -0.325 e. The van der Waals surface area contributed by atoms with Gasteiger partial charge in [-0.2, -0.15) is 0 Å². The van der Waals surface area contributed by atoms with Gasteiger partial charge in [-0.05, 0) is 29.5 Å². The van der Waals surface area contributed by atoms with E-state index >= 15 is 0 Å². The van der Waals surface area contributed by atoms with Gasteiger partial charge in [-0.15, -0.1) is 0 Å². The van der Waals surface area contributed by atoms with Crippen LogP contribution in [0.1, 0.15) is 60.9 Å². The lowest BCUT2D eigenvalue weighted by Crippen LogP contribution is -2.04. The number of amides is 1. The molecular weight excluding hydrogens is 350 g/mol. The highest BCUT2D eigenvalue weighted by Crippen LogP contribution is 2.41. The van der Waals surface area contributed by atoms with E-state index in [1.807, 2.05) is 6.07 Å². The molecule has 3 rings (SSSR count). The molecule has 4 heteroatoms. The van der Waals surface area contributed by atoms with Crippen molar-refractivity contribution in [1.29, 1.82) is 0 Å². The Labute approximate surface area is 139 Å². The van der Waals surface area contributed by atoms with Crippen LogP contribution in [0, 0.1) is 5.92 Å². The highest BCUT2D eigenvalue weighted by molar-refractivity contribution is 9.09. The van der Waals surface area contributed by atoms with Crippen LogP contribution in [0.25, 0.3) is 0 Å². The number of carbonyl (C=O) groups excluding carboxylic acids is 1. The summed E-state index contributed by atoms with van der Waals surface area (Å²) in [7, 11) is 0. The summed E-state index contributed by atoms with van der Waals surface area (Å²) < 4.78 is 0. The Morgan fingerprint density at radius 3 is 2.67 bits per heavy atom. The Morgan fingerprint density at radius 1 is 1.24 bits per heavy atom. The van der Waals surface area contributed by atoms with Gasteiger partial charge in [0, 0.05) is 15.5 Å². The van der Waals surface area contributed by atoms with Crippen molar-refractivity contribution in [3.63, 3.8) is 0 Å². The lowest BCUT2D eigenvalue weighted by atomic mass is 9.92. The second-order valence-corrected chi connectivity index (χ2v) is 7.83. The molecule has 1 saturated carbocycles. The Morgan fingerprint density at radius 2 is 1.95 bits per heavy atom. The van der Waals surface area contributed by atoms with Crippen molar-refractivity contribution in [2.24, 2.45) is 5.92 Å². The first kappa shape index (κ1) is 15.4. The summed E-state index contributed by atoms with van der Waals surface area (Å²) in [5, 5.41) is 3.61. The summed E-state index contributed by atoms with van der Waals surface area (Å²) in [6, 6.07) is 4.00. The van der Waals surface area contributed by atoms with Gasteiger partial charge in [0.15, 0.2) is 0 Å². The number of rotatable bonds is 3. The molecule has 2 aliphatic rings. The number of hydrogen-bond acceptors (Lipinski definition) is 1. The third-order valence-corrected chi connectivity index (χ3v) is 5.89. The highest BCUT2D eigenvalue weighted by Gasteiger charge is 2.24. The predicted octanol–water partition coefficient (Wildman–Crippen LogP) is 5.63. The van der Waals surface area contributed by atoms with Crippen LogP contribution in [0.5, 0.6) is 0 Å². The SMILES string of the molecule is O=C1Cc2cc(C(Br)CC3CCCCCC3)c(Cl)cc2N1. The third-order valence-electron chi connectivity index (χ3n) is 4.70. The summed E-state index contributed by atoms with van der Waals surface area (Å²) in [5.74, 6) is 0.856. The molecule has 21 heavy (non-hydrogen) atoms. The molecule has 2 nitrogen and oxygen atoms in total. The maximum absolute atomic E-state index is 11.5. The van der Waals surface area contributed by atoms with Gasteiger partial charge in [-0.25, -0.2) is 0 Å². The molecule has 1 heterocycles. The topological polar surface area (TPSA) is 29.1 Å². The van der Waals surface area contributed by atoms with Gasteiger partial charge in [0.05, 0.1) is 6.42 Å². The minimum absolute atomic E-state index is 0.0631. The van der Waals surface area contributed by atoms with Crippen LogP contribution in [0.15, 0.2) is 12.1 Å². The molecule has 0 bridgehead atoms. The summed E-state index contributed by atoms with van der Waals surface area (Å²) in [5.41, 5.74) is 3.09. The van der Waals surface area contributed by atoms with Crippen LogP contribution in [0.2, 0.25) is 5.02 Å². The van der Waals surface area contributed by atoms with Gasteiger partial charge in [0.25, 0.3) is 0 Å². The van der Waals surface area contributed by atoms with E-state index in [1.165, 1.54) is 38.5 Å². The number of hydrogen-bond donors (Lipinski definition) is 1. The van der Waals surface area contributed by atoms with Crippen molar-refractivity contribution < 1.29 is 4.79 Å². The van der Waals surface area contributed by atoms with Crippen molar-refractivity contribution in [1.82, 2.24) is 0 Å². The maximum Gasteiger partial charge on any atom is 0.228 e. The van der Waals surface area contributed by atoms with Crippen molar-refractivity contribution in [3.05, 3.63) is 28.3 Å². The molecule has 1 atom stereocenters. The number of nitrogens with one attached hydrogen (secondary N) is 1. The summed E-state index contributed by atoms with van der Waals surface area (Å²) >= 11 is 10.3. The van der Waals surface area contributed by atoms with Crippen LogP contribution in [0.3, 0.4) is 0 Å². The van der Waals surface area contributed by atoms with E-state index in [1.54, 1.807) is 0 Å². The van der Waals surface area contributed by atoms with Crippen molar-refractivity contribution >= 4 is 39.1 Å². The average molecular weight is 371 g/mol. The lowest BCUT2D eigenvalue weighted by Gasteiger charge is -2.20. The molecule has 1 amide bonds. The Bertz CT molecular complexity index is 538. The number of fused-ring (bicyclic) bond motifs is 1. The quantitative estimate of drug-likeness (QED) is 0.542. The fourth-order valence-electron chi connectivity index (χ4n) is 3.53. The standard InChI is InChI=1S/C17H21BrClNO/c18-14(7-11-5-3-1-2-4-6-11)13-8-12-9-17(21)20-16(12)10-15(13)19/h8,10-11,14H,1-7,9H2,(H,20,21). The average Bonchev–Trinajstić information content (AvgIpc) is 2.63. The zero-order valence-electron chi connectivity index (χ0n) is 12.1. The Kier molecular flexibility index (Phi) is 4.90. The summed E-state index contributed by atoms with van der Waals surface area (Å²) in [6.45, 7) is 0. The van der Waals surface area contributed by atoms with E-state index in [0.717, 1.165) is 34.2 Å². The normalized spacial score (nSPS) is 20.8. The molecule has 114 valence electrons. The number of anilines is 1. The maximum atomic E-state index is 11.5. The minimum atomic E-state index is 0.0631. The van der Waals surface area contributed by atoms with Gasteiger partial charge in [-0.3, -0.25) is 4.79 Å². The van der Waals surface area contributed by atoms with Crippen LogP contribution >= 0.6 is 27.5 Å². The van der Waals surface area contributed by atoms with Crippen LogP contribution in [-0.4, -0.2) is 5.91 Å². The Hall–Kier alpha value is -0.540. The second kappa shape index (κ2) is 6.70.